The molecule has 4 rings (SSSR count). The van der Waals surface area contributed by atoms with E-state index >= 15 is 0 Å². The number of nitrogens with one attached hydrogen (secondary N) is 1. The van der Waals surface area contributed by atoms with Crippen LogP contribution in [0.4, 0.5) is 10.5 Å². The Labute approximate surface area is 236 Å². The van der Waals surface area contributed by atoms with Crippen molar-refractivity contribution in [3.63, 3.8) is 0 Å². The first-order chi connectivity index (χ1) is 21.6. The van der Waals surface area contributed by atoms with E-state index in [0.29, 0.717) is 9.87 Å². The standard InChI is InChI=1S/C27H37N3O7S/c1-18(2)15-30(38(33,34)21-10-8-20(28)9-11-21)16-24(31)23(14-19-6-4-3-5-7-19)29-27(32)37-25-17-36-26-22(25)12-13-35-26/h3-11,18,22-26,31H,12-17,28H2,1-2H3,(H,29,32)/t22-,23-,24+,25-,26+/m0/s1/i1D3,2D3,18D,22D,25D. The molecular formula is C27H37N3O7S. The number of nitrogens with two attached hydrogens (primary N) is 1. The maximum Gasteiger partial charge on any atom is 0.407 e. The number of sulfonamides is 1. The summed E-state index contributed by atoms with van der Waals surface area (Å²) in [6.07, 6.45) is -6.45. The Balaban J connectivity index is 1.68. The van der Waals surface area contributed by atoms with Crippen LogP contribution in [0.2, 0.25) is 0 Å². The summed E-state index contributed by atoms with van der Waals surface area (Å²) >= 11 is 0. The highest BCUT2D eigenvalue weighted by Gasteiger charge is 2.44. The topological polar surface area (TPSA) is 140 Å². The van der Waals surface area contributed by atoms with E-state index in [4.69, 9.17) is 32.3 Å². The molecule has 0 spiro atoms. The average Bonchev–Trinajstić information content (AvgIpc) is 3.46. The van der Waals surface area contributed by atoms with Crippen molar-refractivity contribution in [3.8, 4) is 0 Å². The number of alkyl carbamates (subject to hydrolysis) is 1. The molecule has 4 N–H and O–H groups in total. The number of ether oxygens (including phenoxy) is 3. The Hall–Kier alpha value is -2.70. The number of carbonyl (C=O) groups excluding carboxylic acids is 1. The van der Waals surface area contributed by atoms with Gasteiger partial charge in [-0.05, 0) is 48.6 Å². The van der Waals surface area contributed by atoms with Gasteiger partial charge in [-0.1, -0.05) is 44.0 Å². The summed E-state index contributed by atoms with van der Waals surface area (Å²) < 4.78 is 117. The van der Waals surface area contributed by atoms with Crippen molar-refractivity contribution < 1.29 is 44.9 Å². The summed E-state index contributed by atoms with van der Waals surface area (Å²) in [4.78, 5) is 12.8. The molecule has 0 unspecified atom stereocenters. The third kappa shape index (κ3) is 7.03. The summed E-state index contributed by atoms with van der Waals surface area (Å²) in [5.74, 6) is -5.06. The maximum absolute atomic E-state index is 13.9. The maximum atomic E-state index is 13.9. The van der Waals surface area contributed by atoms with Crippen molar-refractivity contribution in [2.24, 2.45) is 11.8 Å². The minimum atomic E-state index is -4.78. The van der Waals surface area contributed by atoms with Gasteiger partial charge in [0.1, 0.15) is 6.08 Å². The molecule has 0 bridgehead atoms. The average molecular weight is 557 g/mol. The number of aliphatic hydroxyl groups excluding tert-OH is 1. The molecule has 0 radical (unpaired) electrons. The number of anilines is 1. The summed E-state index contributed by atoms with van der Waals surface area (Å²) in [7, 11) is -4.78. The van der Waals surface area contributed by atoms with E-state index in [1.807, 2.05) is 0 Å². The first-order valence-electron chi connectivity index (χ1n) is 16.4. The second-order valence-electron chi connectivity index (χ2n) is 8.95. The van der Waals surface area contributed by atoms with Gasteiger partial charge >= 0.3 is 6.09 Å². The van der Waals surface area contributed by atoms with E-state index < -0.39 is 90.7 Å². The molecule has 2 aromatic rings. The highest BCUT2D eigenvalue weighted by molar-refractivity contribution is 7.89. The summed E-state index contributed by atoms with van der Waals surface area (Å²) in [5.41, 5.74) is 6.45. The fraction of sp³-hybridized carbons (Fsp3) is 0.519. The van der Waals surface area contributed by atoms with Gasteiger partial charge in [0.05, 0.1) is 37.5 Å². The van der Waals surface area contributed by atoms with E-state index in [1.54, 1.807) is 30.3 Å². The van der Waals surface area contributed by atoms with Crippen LogP contribution in [-0.4, -0.2) is 74.7 Å². The Kier molecular flexibility index (Phi) is 6.08. The lowest BCUT2D eigenvalue weighted by Gasteiger charge is -2.31. The number of nitrogen functional groups attached to an aromatic ring is 1. The fourth-order valence-electron chi connectivity index (χ4n) is 4.25. The summed E-state index contributed by atoms with van der Waals surface area (Å²) in [6, 6.07) is 11.7. The van der Waals surface area contributed by atoms with Crippen molar-refractivity contribution in [3.05, 3.63) is 60.2 Å². The predicted octanol–water partition coefficient (Wildman–Crippen LogP) is 2.38. The number of fused-ring (bicyclic) bond motifs is 1. The van der Waals surface area contributed by atoms with Gasteiger partial charge in [0.25, 0.3) is 0 Å². The number of benzene rings is 2. The van der Waals surface area contributed by atoms with Crippen LogP contribution in [0.15, 0.2) is 59.5 Å². The van der Waals surface area contributed by atoms with Gasteiger partial charge < -0.3 is 30.4 Å². The third-order valence-electron chi connectivity index (χ3n) is 6.17. The summed E-state index contributed by atoms with van der Waals surface area (Å²) in [6.45, 7) is -9.71. The van der Waals surface area contributed by atoms with Gasteiger partial charge in [-0.15, -0.1) is 0 Å². The van der Waals surface area contributed by atoms with Crippen molar-refractivity contribution in [2.45, 2.75) is 56.0 Å². The van der Waals surface area contributed by atoms with E-state index in [1.165, 1.54) is 12.1 Å². The molecule has 0 aromatic heterocycles. The first kappa shape index (κ1) is 18.6. The van der Waals surface area contributed by atoms with Crippen molar-refractivity contribution in [1.29, 1.82) is 0 Å². The van der Waals surface area contributed by atoms with Crippen LogP contribution >= 0.6 is 0 Å². The predicted molar refractivity (Wildman–Crippen MR) is 142 cm³/mol. The molecule has 2 heterocycles. The van der Waals surface area contributed by atoms with Crippen LogP contribution in [-0.2, 0) is 30.7 Å². The van der Waals surface area contributed by atoms with Crippen LogP contribution in [0.3, 0.4) is 0 Å². The van der Waals surface area contributed by atoms with Gasteiger partial charge in [0.2, 0.25) is 10.0 Å². The monoisotopic (exact) mass is 556 g/mol. The van der Waals surface area contributed by atoms with Crippen LogP contribution in [0, 0.1) is 11.8 Å². The van der Waals surface area contributed by atoms with E-state index in [9.17, 15) is 18.3 Å². The Morgan fingerprint density at radius 3 is 2.68 bits per heavy atom. The van der Waals surface area contributed by atoms with Crippen LogP contribution in [0.5, 0.6) is 0 Å². The normalized spacial score (nSPS) is 31.1. The van der Waals surface area contributed by atoms with Gasteiger partial charge in [-0.3, -0.25) is 0 Å². The number of hydrogen-bond donors (Lipinski definition) is 3. The second kappa shape index (κ2) is 12.4. The minimum Gasteiger partial charge on any atom is -0.443 e. The highest BCUT2D eigenvalue weighted by Crippen LogP contribution is 2.33. The lowest BCUT2D eigenvalue weighted by molar-refractivity contribution is -0.0907. The first-order valence-corrected chi connectivity index (χ1v) is 13.4. The molecule has 2 aliphatic heterocycles. The Morgan fingerprint density at radius 1 is 1.24 bits per heavy atom. The van der Waals surface area contributed by atoms with Crippen LogP contribution < -0.4 is 11.1 Å². The lowest BCUT2D eigenvalue weighted by atomic mass is 10.0. The van der Waals surface area contributed by atoms with Crippen molar-refractivity contribution in [2.75, 3.05) is 32.0 Å². The van der Waals surface area contributed by atoms with E-state index in [0.717, 1.165) is 12.1 Å². The van der Waals surface area contributed by atoms with Crippen LogP contribution in [0.25, 0.3) is 0 Å². The lowest BCUT2D eigenvalue weighted by Crippen LogP contribution is -2.51. The Bertz CT molecular complexity index is 1500. The number of hydrogen-bond acceptors (Lipinski definition) is 8. The molecule has 1 amide bonds. The molecule has 38 heavy (non-hydrogen) atoms. The molecule has 5 atom stereocenters. The molecule has 2 aromatic carbocycles. The fourth-order valence-corrected chi connectivity index (χ4v) is 5.67. The molecule has 11 heteroatoms. The zero-order valence-electron chi connectivity index (χ0n) is 29.5. The SMILES string of the molecule is [2H]C([2H])([2H])C([2H])(CN(C[C@@H](O)[C@H](Cc1ccccc1)NC(=O)O[C@@]1([2H])CO[C@H]2OCC[C@]21[2H])S(=O)(=O)c1ccc(N)cc1)C([2H])([2H])[2H]. The van der Waals surface area contributed by atoms with Gasteiger partial charge in [0.15, 0.2) is 6.29 Å². The molecule has 10 nitrogen and oxygen atoms in total. The van der Waals surface area contributed by atoms with Gasteiger partial charge in [-0.2, -0.15) is 4.31 Å². The zero-order chi connectivity index (χ0) is 35.1. The number of nitrogens with zero attached hydrogens (tertiary/aromatic N) is 1. The number of rotatable bonds is 11. The van der Waals surface area contributed by atoms with Gasteiger partial charge in [-0.25, -0.2) is 13.2 Å². The quantitative estimate of drug-likeness (QED) is 0.359. The number of aliphatic hydroxyl groups is 1. The zero-order valence-corrected chi connectivity index (χ0v) is 21.3. The second-order valence-corrected chi connectivity index (χ2v) is 10.9. The smallest absolute Gasteiger partial charge is 0.407 e. The van der Waals surface area contributed by atoms with Gasteiger partial charge in [0, 0.05) is 29.7 Å². The molecule has 2 fully saturated rings. The molecule has 2 saturated heterocycles. The molecule has 0 aliphatic carbocycles. The highest BCUT2D eigenvalue weighted by atomic mass is 32.2. The van der Waals surface area contributed by atoms with Crippen LogP contribution in [0.1, 0.15) is 38.0 Å². The largest absolute Gasteiger partial charge is 0.443 e. The van der Waals surface area contributed by atoms with E-state index in [-0.39, 0.29) is 25.1 Å². The van der Waals surface area contributed by atoms with Crippen molar-refractivity contribution >= 4 is 21.8 Å². The van der Waals surface area contributed by atoms with E-state index in [2.05, 4.69) is 5.32 Å². The molecule has 2 aliphatic rings. The molecule has 208 valence electrons. The number of carbonyl (C=O) groups is 1. The summed E-state index contributed by atoms with van der Waals surface area (Å²) in [5, 5.41) is 13.9. The molecule has 0 saturated carbocycles. The number of amides is 1. The minimum absolute atomic E-state index is 0.0460. The van der Waals surface area contributed by atoms with Crippen molar-refractivity contribution in [1.82, 2.24) is 9.62 Å². The molecular weight excluding hydrogens is 510 g/mol. The third-order valence-corrected chi connectivity index (χ3v) is 8.00. The Morgan fingerprint density at radius 2 is 1.97 bits per heavy atom.